The van der Waals surface area contributed by atoms with Crippen LogP contribution in [0.5, 0.6) is 0 Å². The minimum Gasteiger partial charge on any atom is -0.304 e. The molecule has 1 aliphatic rings. The van der Waals surface area contributed by atoms with Crippen molar-refractivity contribution in [3.8, 4) is 0 Å². The molecule has 0 amide bonds. The van der Waals surface area contributed by atoms with Gasteiger partial charge in [-0.2, -0.15) is 0 Å². The number of nitrogens with zero attached hydrogens (tertiary/aromatic N) is 2. The molecule has 0 atom stereocenters. The van der Waals surface area contributed by atoms with Crippen molar-refractivity contribution in [3.05, 3.63) is 0 Å². The Bertz CT molecular complexity index is 131. The summed E-state index contributed by atoms with van der Waals surface area (Å²) in [6.07, 6.45) is 0. The molecule has 1 saturated heterocycles. The second-order valence-corrected chi connectivity index (χ2v) is 4.65. The Kier molecular flexibility index (Phi) is 3.09. The fraction of sp³-hybridized carbons (Fsp3) is 1.00. The van der Waals surface area contributed by atoms with Crippen molar-refractivity contribution in [3.63, 3.8) is 0 Å². The van der Waals surface area contributed by atoms with Crippen LogP contribution in [-0.4, -0.2) is 48.7 Å². The van der Waals surface area contributed by atoms with Crippen LogP contribution >= 0.6 is 0 Å². The summed E-state index contributed by atoms with van der Waals surface area (Å²) in [5, 5.41) is 2.32. The second kappa shape index (κ2) is 3.73. The van der Waals surface area contributed by atoms with E-state index in [1.165, 1.54) is 13.1 Å². The Labute approximate surface area is 75.7 Å². The van der Waals surface area contributed by atoms with Crippen molar-refractivity contribution in [1.82, 2.24) is 15.3 Å². The van der Waals surface area contributed by atoms with Crippen LogP contribution in [0.15, 0.2) is 0 Å². The van der Waals surface area contributed by atoms with E-state index < -0.39 is 0 Å². The van der Waals surface area contributed by atoms with Gasteiger partial charge in [0, 0.05) is 31.7 Å². The first kappa shape index (κ1) is 9.96. The molecule has 0 aromatic carbocycles. The molecule has 72 valence electrons. The highest BCUT2D eigenvalue weighted by molar-refractivity contribution is 4.73. The summed E-state index contributed by atoms with van der Waals surface area (Å²) in [7, 11) is 2.18. The summed E-state index contributed by atoms with van der Waals surface area (Å²) in [5.74, 6) is 0. The zero-order valence-electron chi connectivity index (χ0n) is 8.72. The lowest BCUT2D eigenvalue weighted by Gasteiger charge is -2.37. The molecular formula is C9H21N3. The Hall–Kier alpha value is -0.120. The van der Waals surface area contributed by atoms with E-state index in [-0.39, 0.29) is 5.54 Å². The van der Waals surface area contributed by atoms with Gasteiger partial charge in [0.15, 0.2) is 0 Å². The van der Waals surface area contributed by atoms with Crippen LogP contribution in [0, 0.1) is 0 Å². The van der Waals surface area contributed by atoms with Gasteiger partial charge in [-0.1, -0.05) is 0 Å². The molecule has 12 heavy (non-hydrogen) atoms. The summed E-state index contributed by atoms with van der Waals surface area (Å²) < 4.78 is 0. The van der Waals surface area contributed by atoms with Gasteiger partial charge >= 0.3 is 0 Å². The molecule has 1 N–H and O–H groups in total. The van der Waals surface area contributed by atoms with Crippen molar-refractivity contribution in [2.24, 2.45) is 0 Å². The van der Waals surface area contributed by atoms with E-state index in [0.717, 1.165) is 13.1 Å². The molecule has 1 fully saturated rings. The Balaban J connectivity index is 2.26. The summed E-state index contributed by atoms with van der Waals surface area (Å²) in [6.45, 7) is 11.2. The van der Waals surface area contributed by atoms with Crippen LogP contribution in [0.3, 0.4) is 0 Å². The van der Waals surface area contributed by atoms with E-state index >= 15 is 0 Å². The van der Waals surface area contributed by atoms with E-state index in [1.807, 2.05) is 0 Å². The number of likely N-dealkylation sites (N-methyl/N-ethyl adjacent to an activating group) is 1. The summed E-state index contributed by atoms with van der Waals surface area (Å²) in [4.78, 5) is 2.36. The van der Waals surface area contributed by atoms with Gasteiger partial charge in [-0.3, -0.25) is 0 Å². The first-order chi connectivity index (χ1) is 5.47. The highest BCUT2D eigenvalue weighted by Crippen LogP contribution is 2.03. The zero-order valence-corrected chi connectivity index (χ0v) is 8.72. The van der Waals surface area contributed by atoms with Gasteiger partial charge in [0.25, 0.3) is 0 Å². The Morgan fingerprint density at radius 3 is 1.92 bits per heavy atom. The third-order valence-electron chi connectivity index (χ3n) is 2.00. The number of rotatable bonds is 1. The number of hydrogen-bond donors (Lipinski definition) is 1. The minimum atomic E-state index is 0.204. The average molecular weight is 171 g/mol. The fourth-order valence-corrected chi connectivity index (χ4v) is 1.39. The van der Waals surface area contributed by atoms with Crippen molar-refractivity contribution in [2.45, 2.75) is 26.3 Å². The summed E-state index contributed by atoms with van der Waals surface area (Å²) in [5.41, 5.74) is 3.69. The largest absolute Gasteiger partial charge is 0.304 e. The lowest BCUT2D eigenvalue weighted by molar-refractivity contribution is 0.0694. The number of hydrogen-bond acceptors (Lipinski definition) is 3. The van der Waals surface area contributed by atoms with Gasteiger partial charge in [-0.15, -0.1) is 0 Å². The SMILES string of the molecule is CN1CCN(NC(C)(C)C)CC1. The standard InChI is InChI=1S/C9H21N3/c1-9(2,3)10-12-7-5-11(4)6-8-12/h10H,5-8H2,1-4H3. The van der Waals surface area contributed by atoms with Gasteiger partial charge in [-0.05, 0) is 27.8 Å². The highest BCUT2D eigenvalue weighted by Gasteiger charge is 2.18. The molecule has 3 nitrogen and oxygen atoms in total. The first-order valence-electron chi connectivity index (χ1n) is 4.69. The van der Waals surface area contributed by atoms with Gasteiger partial charge in [0.05, 0.1) is 0 Å². The average Bonchev–Trinajstić information content (AvgIpc) is 1.91. The molecule has 0 aliphatic carbocycles. The van der Waals surface area contributed by atoms with E-state index in [1.54, 1.807) is 0 Å². The Morgan fingerprint density at radius 2 is 1.50 bits per heavy atom. The summed E-state index contributed by atoms with van der Waals surface area (Å²) >= 11 is 0. The van der Waals surface area contributed by atoms with Gasteiger partial charge < -0.3 is 4.90 Å². The quantitative estimate of drug-likeness (QED) is 0.621. The third-order valence-corrected chi connectivity index (χ3v) is 2.00. The number of nitrogens with one attached hydrogen (secondary N) is 1. The van der Waals surface area contributed by atoms with Crippen LogP contribution < -0.4 is 5.43 Å². The molecule has 0 spiro atoms. The molecule has 0 bridgehead atoms. The van der Waals surface area contributed by atoms with Crippen LogP contribution in [-0.2, 0) is 0 Å². The molecule has 0 aromatic rings. The van der Waals surface area contributed by atoms with Crippen LogP contribution in [0.4, 0.5) is 0 Å². The molecule has 1 heterocycles. The van der Waals surface area contributed by atoms with Crippen molar-refractivity contribution < 1.29 is 0 Å². The van der Waals surface area contributed by atoms with Crippen molar-refractivity contribution in [1.29, 1.82) is 0 Å². The molecule has 0 saturated carbocycles. The lowest BCUT2D eigenvalue weighted by atomic mass is 10.1. The van der Waals surface area contributed by atoms with Crippen molar-refractivity contribution in [2.75, 3.05) is 33.2 Å². The first-order valence-corrected chi connectivity index (χ1v) is 4.69. The summed E-state index contributed by atoms with van der Waals surface area (Å²) in [6, 6.07) is 0. The highest BCUT2D eigenvalue weighted by atomic mass is 15.5. The molecule has 1 aliphatic heterocycles. The van der Waals surface area contributed by atoms with E-state index in [0.29, 0.717) is 0 Å². The van der Waals surface area contributed by atoms with Gasteiger partial charge in [-0.25, -0.2) is 10.4 Å². The predicted octanol–water partition coefficient (Wildman–Crippen LogP) is 0.537. The van der Waals surface area contributed by atoms with E-state index in [4.69, 9.17) is 0 Å². The maximum absolute atomic E-state index is 3.49. The second-order valence-electron chi connectivity index (χ2n) is 4.65. The maximum Gasteiger partial charge on any atom is 0.0259 e. The normalized spacial score (nSPS) is 23.0. The number of piperazine rings is 1. The molecule has 0 aromatic heterocycles. The van der Waals surface area contributed by atoms with Gasteiger partial charge in [0.1, 0.15) is 0 Å². The molecule has 1 rings (SSSR count). The topological polar surface area (TPSA) is 18.5 Å². The molecule has 0 unspecified atom stereocenters. The zero-order chi connectivity index (χ0) is 9.19. The Morgan fingerprint density at radius 1 is 1.00 bits per heavy atom. The third kappa shape index (κ3) is 3.52. The van der Waals surface area contributed by atoms with Crippen LogP contribution in [0.25, 0.3) is 0 Å². The minimum absolute atomic E-state index is 0.204. The van der Waals surface area contributed by atoms with E-state index in [9.17, 15) is 0 Å². The van der Waals surface area contributed by atoms with Gasteiger partial charge in [0.2, 0.25) is 0 Å². The fourth-order valence-electron chi connectivity index (χ4n) is 1.39. The smallest absolute Gasteiger partial charge is 0.0259 e. The molecule has 0 radical (unpaired) electrons. The number of hydrazine groups is 1. The van der Waals surface area contributed by atoms with Crippen LogP contribution in [0.1, 0.15) is 20.8 Å². The molecule has 3 heteroatoms. The monoisotopic (exact) mass is 171 g/mol. The van der Waals surface area contributed by atoms with Crippen LogP contribution in [0.2, 0.25) is 0 Å². The maximum atomic E-state index is 3.49. The molecular weight excluding hydrogens is 150 g/mol. The van der Waals surface area contributed by atoms with E-state index in [2.05, 4.69) is 43.2 Å². The predicted molar refractivity (Wildman–Crippen MR) is 52.0 cm³/mol. The van der Waals surface area contributed by atoms with Crippen molar-refractivity contribution >= 4 is 0 Å². The lowest BCUT2D eigenvalue weighted by Crippen LogP contribution is -2.56.